The normalized spacial score (nSPS) is 14.7. The van der Waals surface area contributed by atoms with Crippen LogP contribution in [0.5, 0.6) is 0 Å². The Balaban J connectivity index is 1.56. The summed E-state index contributed by atoms with van der Waals surface area (Å²) < 4.78 is 27.1. The first kappa shape index (κ1) is 20.9. The van der Waals surface area contributed by atoms with Gasteiger partial charge in [-0.05, 0) is 49.6 Å². The number of carbonyl (C=O) groups is 1. The van der Waals surface area contributed by atoms with Crippen molar-refractivity contribution in [3.05, 3.63) is 58.6 Å². The molecule has 7 nitrogen and oxygen atoms in total. The van der Waals surface area contributed by atoms with Gasteiger partial charge in [0.1, 0.15) is 5.01 Å². The van der Waals surface area contributed by atoms with E-state index in [0.29, 0.717) is 39.4 Å². The smallest absolute Gasteiger partial charge is 0.257 e. The van der Waals surface area contributed by atoms with Gasteiger partial charge in [0.25, 0.3) is 5.91 Å². The zero-order chi connectivity index (χ0) is 21.3. The fourth-order valence-corrected chi connectivity index (χ4v) is 5.65. The molecule has 0 atom stereocenters. The minimum atomic E-state index is -3.60. The van der Waals surface area contributed by atoms with E-state index in [1.165, 1.54) is 21.7 Å². The van der Waals surface area contributed by atoms with E-state index in [1.54, 1.807) is 31.2 Å². The number of halogens is 1. The van der Waals surface area contributed by atoms with E-state index in [4.69, 9.17) is 11.6 Å². The summed E-state index contributed by atoms with van der Waals surface area (Å²) in [4.78, 5) is 13.0. The molecule has 10 heteroatoms. The highest BCUT2D eigenvalue weighted by molar-refractivity contribution is 7.89. The van der Waals surface area contributed by atoms with Crippen molar-refractivity contribution in [2.75, 3.05) is 18.4 Å². The number of anilines is 1. The number of hydrogen-bond donors (Lipinski definition) is 1. The van der Waals surface area contributed by atoms with Gasteiger partial charge in [-0.15, -0.1) is 10.2 Å². The second-order valence-corrected chi connectivity index (χ2v) is 10.3. The van der Waals surface area contributed by atoms with Gasteiger partial charge in [0.2, 0.25) is 15.2 Å². The molecule has 156 valence electrons. The van der Waals surface area contributed by atoms with Crippen molar-refractivity contribution in [1.29, 1.82) is 0 Å². The number of nitrogens with one attached hydrogen (secondary N) is 1. The molecule has 1 aromatic heterocycles. The molecule has 0 bridgehead atoms. The molecule has 1 aliphatic heterocycles. The molecule has 0 aliphatic carbocycles. The number of carbonyl (C=O) groups excluding carboxylic acids is 1. The van der Waals surface area contributed by atoms with Gasteiger partial charge < -0.3 is 0 Å². The van der Waals surface area contributed by atoms with Gasteiger partial charge in [-0.25, -0.2) is 8.42 Å². The molecule has 1 aliphatic rings. The standard InChI is InChI=1S/C20H19ClN4O3S2/c1-13-4-9-16(30(27,28)25-10-2-3-11-25)12-17(13)18(26)22-20-24-23-19(29-20)14-5-7-15(21)8-6-14/h4-9,12H,2-3,10-11H2,1H3,(H,22,24,26). The van der Waals surface area contributed by atoms with Crippen LogP contribution in [0.25, 0.3) is 10.6 Å². The number of aromatic nitrogens is 2. The number of aryl methyl sites for hydroxylation is 1. The number of nitrogens with zero attached hydrogens (tertiary/aromatic N) is 3. The van der Waals surface area contributed by atoms with E-state index >= 15 is 0 Å². The van der Waals surface area contributed by atoms with Gasteiger partial charge in [0.05, 0.1) is 4.90 Å². The van der Waals surface area contributed by atoms with Gasteiger partial charge in [0, 0.05) is 29.2 Å². The Morgan fingerprint density at radius 3 is 2.50 bits per heavy atom. The van der Waals surface area contributed by atoms with E-state index in [9.17, 15) is 13.2 Å². The summed E-state index contributed by atoms with van der Waals surface area (Å²) in [5.41, 5.74) is 1.81. The summed E-state index contributed by atoms with van der Waals surface area (Å²) in [6, 6.07) is 11.8. The van der Waals surface area contributed by atoms with Crippen molar-refractivity contribution < 1.29 is 13.2 Å². The third-order valence-corrected chi connectivity index (χ3v) is 7.93. The van der Waals surface area contributed by atoms with Gasteiger partial charge >= 0.3 is 0 Å². The highest BCUT2D eigenvalue weighted by atomic mass is 35.5. The van der Waals surface area contributed by atoms with Crippen LogP contribution in [0.2, 0.25) is 5.02 Å². The van der Waals surface area contributed by atoms with Gasteiger partial charge in [-0.2, -0.15) is 4.31 Å². The number of sulfonamides is 1. The Morgan fingerprint density at radius 2 is 1.80 bits per heavy atom. The number of benzene rings is 2. The first-order valence-corrected chi connectivity index (χ1v) is 12.0. The zero-order valence-electron chi connectivity index (χ0n) is 16.1. The molecule has 0 saturated carbocycles. The fraction of sp³-hybridized carbons (Fsp3) is 0.250. The third-order valence-electron chi connectivity index (χ3n) is 4.89. The van der Waals surface area contributed by atoms with Gasteiger partial charge in [-0.1, -0.05) is 41.1 Å². The summed E-state index contributed by atoms with van der Waals surface area (Å²) >= 11 is 7.13. The molecule has 2 heterocycles. The van der Waals surface area contributed by atoms with Crippen molar-refractivity contribution >= 4 is 44.0 Å². The van der Waals surface area contributed by atoms with E-state index in [-0.39, 0.29) is 4.90 Å². The van der Waals surface area contributed by atoms with Crippen molar-refractivity contribution in [1.82, 2.24) is 14.5 Å². The Bertz CT molecular complexity index is 1190. The van der Waals surface area contributed by atoms with Crippen LogP contribution in [0, 0.1) is 6.92 Å². The van der Waals surface area contributed by atoms with Crippen LogP contribution in [0.3, 0.4) is 0 Å². The molecule has 0 radical (unpaired) electrons. The average molecular weight is 463 g/mol. The summed E-state index contributed by atoms with van der Waals surface area (Å²) in [6.45, 7) is 2.78. The molecular formula is C20H19ClN4O3S2. The Kier molecular flexibility index (Phi) is 5.88. The summed E-state index contributed by atoms with van der Waals surface area (Å²) in [7, 11) is -3.60. The van der Waals surface area contributed by atoms with Crippen molar-refractivity contribution in [2.45, 2.75) is 24.7 Å². The summed E-state index contributed by atoms with van der Waals surface area (Å²) in [5.74, 6) is -0.426. The number of hydrogen-bond acceptors (Lipinski definition) is 6. The van der Waals surface area contributed by atoms with Gasteiger partial charge in [0.15, 0.2) is 0 Å². The van der Waals surface area contributed by atoms with Crippen LogP contribution in [0.1, 0.15) is 28.8 Å². The first-order valence-electron chi connectivity index (χ1n) is 9.36. The monoisotopic (exact) mass is 462 g/mol. The molecule has 1 fully saturated rings. The van der Waals surface area contributed by atoms with E-state index in [0.717, 1.165) is 18.4 Å². The molecule has 2 aromatic carbocycles. The lowest BCUT2D eigenvalue weighted by atomic mass is 10.1. The van der Waals surface area contributed by atoms with Crippen molar-refractivity contribution in [2.24, 2.45) is 0 Å². The van der Waals surface area contributed by atoms with E-state index in [1.807, 2.05) is 12.1 Å². The Morgan fingerprint density at radius 1 is 1.10 bits per heavy atom. The maximum Gasteiger partial charge on any atom is 0.257 e. The molecule has 30 heavy (non-hydrogen) atoms. The molecule has 3 aromatic rings. The highest BCUT2D eigenvalue weighted by Gasteiger charge is 2.28. The van der Waals surface area contributed by atoms with Crippen LogP contribution in [-0.4, -0.2) is 41.9 Å². The number of rotatable bonds is 5. The Hall–Kier alpha value is -2.33. The second-order valence-electron chi connectivity index (χ2n) is 6.96. The lowest BCUT2D eigenvalue weighted by Gasteiger charge is -2.16. The predicted octanol–water partition coefficient (Wildman–Crippen LogP) is 4.20. The van der Waals surface area contributed by atoms with Crippen LogP contribution in [-0.2, 0) is 10.0 Å². The third kappa shape index (κ3) is 4.24. The summed E-state index contributed by atoms with van der Waals surface area (Å²) in [5, 5.41) is 12.4. The maximum atomic E-state index is 12.8. The second kappa shape index (κ2) is 8.43. The average Bonchev–Trinajstić information content (AvgIpc) is 3.41. The molecular weight excluding hydrogens is 444 g/mol. The molecule has 4 rings (SSSR count). The van der Waals surface area contributed by atoms with Gasteiger partial charge in [-0.3, -0.25) is 10.1 Å². The largest absolute Gasteiger partial charge is 0.296 e. The van der Waals surface area contributed by atoms with Crippen LogP contribution in [0.15, 0.2) is 47.4 Å². The van der Waals surface area contributed by atoms with Crippen LogP contribution >= 0.6 is 22.9 Å². The molecule has 0 unspecified atom stereocenters. The van der Waals surface area contributed by atoms with E-state index < -0.39 is 15.9 Å². The fourth-order valence-electron chi connectivity index (χ4n) is 3.23. The molecule has 1 N–H and O–H groups in total. The topological polar surface area (TPSA) is 92.3 Å². The number of amides is 1. The van der Waals surface area contributed by atoms with Crippen molar-refractivity contribution in [3.63, 3.8) is 0 Å². The zero-order valence-corrected chi connectivity index (χ0v) is 18.5. The predicted molar refractivity (Wildman–Crippen MR) is 117 cm³/mol. The lowest BCUT2D eigenvalue weighted by molar-refractivity contribution is 0.102. The van der Waals surface area contributed by atoms with Crippen LogP contribution < -0.4 is 5.32 Å². The lowest BCUT2D eigenvalue weighted by Crippen LogP contribution is -2.28. The summed E-state index contributed by atoms with van der Waals surface area (Å²) in [6.07, 6.45) is 1.71. The minimum absolute atomic E-state index is 0.124. The Labute approximate surface area is 183 Å². The maximum absolute atomic E-state index is 12.8. The minimum Gasteiger partial charge on any atom is -0.296 e. The van der Waals surface area contributed by atoms with Crippen molar-refractivity contribution in [3.8, 4) is 10.6 Å². The van der Waals surface area contributed by atoms with Crippen LogP contribution in [0.4, 0.5) is 5.13 Å². The quantitative estimate of drug-likeness (QED) is 0.613. The molecule has 0 spiro atoms. The first-order chi connectivity index (χ1) is 14.3. The highest BCUT2D eigenvalue weighted by Crippen LogP contribution is 2.28. The van der Waals surface area contributed by atoms with E-state index in [2.05, 4.69) is 15.5 Å². The molecule has 1 amide bonds. The SMILES string of the molecule is Cc1ccc(S(=O)(=O)N2CCCC2)cc1C(=O)Nc1nnc(-c2ccc(Cl)cc2)s1. The molecule has 1 saturated heterocycles.